The SMILES string of the molecule is CNC(Cc1cc(Br)ccc1F)c1coc2ccccc12. The van der Waals surface area contributed by atoms with Gasteiger partial charge in [0.1, 0.15) is 11.4 Å². The van der Waals surface area contributed by atoms with Gasteiger partial charge in [0, 0.05) is 21.5 Å². The van der Waals surface area contributed by atoms with E-state index in [1.807, 2.05) is 37.4 Å². The number of hydrogen-bond acceptors (Lipinski definition) is 2. The third kappa shape index (κ3) is 2.87. The number of furan rings is 1. The maximum absolute atomic E-state index is 13.9. The lowest BCUT2D eigenvalue weighted by Crippen LogP contribution is -2.19. The fourth-order valence-electron chi connectivity index (χ4n) is 2.56. The molecule has 1 N–H and O–H groups in total. The van der Waals surface area contributed by atoms with Crippen LogP contribution in [0.2, 0.25) is 0 Å². The molecule has 1 atom stereocenters. The van der Waals surface area contributed by atoms with Crippen molar-refractivity contribution in [2.45, 2.75) is 12.5 Å². The molecule has 21 heavy (non-hydrogen) atoms. The van der Waals surface area contributed by atoms with Crippen LogP contribution in [-0.2, 0) is 6.42 Å². The van der Waals surface area contributed by atoms with Crippen molar-refractivity contribution in [2.24, 2.45) is 0 Å². The highest BCUT2D eigenvalue weighted by molar-refractivity contribution is 9.10. The fourth-order valence-corrected chi connectivity index (χ4v) is 2.96. The van der Waals surface area contributed by atoms with E-state index < -0.39 is 0 Å². The minimum absolute atomic E-state index is 0.00236. The zero-order valence-corrected chi connectivity index (χ0v) is 13.2. The van der Waals surface area contributed by atoms with Crippen molar-refractivity contribution in [3.05, 3.63) is 70.1 Å². The summed E-state index contributed by atoms with van der Waals surface area (Å²) in [6, 6.07) is 12.9. The second-order valence-electron chi connectivity index (χ2n) is 4.97. The van der Waals surface area contributed by atoms with Crippen molar-refractivity contribution in [3.8, 4) is 0 Å². The number of benzene rings is 2. The molecule has 0 fully saturated rings. The Morgan fingerprint density at radius 1 is 1.24 bits per heavy atom. The van der Waals surface area contributed by atoms with Crippen LogP contribution in [0.25, 0.3) is 11.0 Å². The van der Waals surface area contributed by atoms with Crippen LogP contribution in [0.1, 0.15) is 17.2 Å². The van der Waals surface area contributed by atoms with Crippen LogP contribution in [0.3, 0.4) is 0 Å². The molecule has 0 bridgehead atoms. The summed E-state index contributed by atoms with van der Waals surface area (Å²) < 4.78 is 20.4. The Hall–Kier alpha value is -1.65. The monoisotopic (exact) mass is 347 g/mol. The standard InChI is InChI=1S/C17H15BrFNO/c1-20-16(9-11-8-12(18)6-7-15(11)19)14-10-21-17-5-3-2-4-13(14)17/h2-8,10,16,20H,9H2,1H3. The van der Waals surface area contributed by atoms with E-state index in [0.717, 1.165) is 21.0 Å². The highest BCUT2D eigenvalue weighted by Crippen LogP contribution is 2.29. The van der Waals surface area contributed by atoms with Crippen molar-refractivity contribution >= 4 is 26.9 Å². The average molecular weight is 348 g/mol. The van der Waals surface area contributed by atoms with E-state index in [4.69, 9.17) is 4.42 Å². The van der Waals surface area contributed by atoms with Crippen LogP contribution >= 0.6 is 15.9 Å². The van der Waals surface area contributed by atoms with Crippen LogP contribution in [0.4, 0.5) is 4.39 Å². The smallest absolute Gasteiger partial charge is 0.134 e. The molecule has 1 aromatic heterocycles. The Morgan fingerprint density at radius 2 is 2.05 bits per heavy atom. The highest BCUT2D eigenvalue weighted by Gasteiger charge is 2.17. The van der Waals surface area contributed by atoms with Crippen LogP contribution in [0.15, 0.2) is 57.6 Å². The molecule has 0 aliphatic heterocycles. The van der Waals surface area contributed by atoms with Gasteiger partial charge >= 0.3 is 0 Å². The molecule has 2 nitrogen and oxygen atoms in total. The van der Waals surface area contributed by atoms with Gasteiger partial charge in [-0.25, -0.2) is 4.39 Å². The Labute approximate surface area is 131 Å². The molecule has 3 rings (SSSR count). The molecule has 0 spiro atoms. The third-order valence-corrected chi connectivity index (χ3v) is 4.16. The van der Waals surface area contributed by atoms with Gasteiger partial charge in [0.05, 0.1) is 6.26 Å². The number of para-hydroxylation sites is 1. The molecule has 4 heteroatoms. The summed E-state index contributed by atoms with van der Waals surface area (Å²) in [6.45, 7) is 0. The molecule has 1 unspecified atom stereocenters. The predicted octanol–water partition coefficient (Wildman–Crippen LogP) is 4.84. The van der Waals surface area contributed by atoms with E-state index in [2.05, 4.69) is 21.2 Å². The number of halogens is 2. The van der Waals surface area contributed by atoms with Gasteiger partial charge in [-0.3, -0.25) is 0 Å². The summed E-state index contributed by atoms with van der Waals surface area (Å²) in [5.41, 5.74) is 2.57. The van der Waals surface area contributed by atoms with E-state index in [0.29, 0.717) is 12.0 Å². The van der Waals surface area contributed by atoms with Crippen molar-refractivity contribution in [3.63, 3.8) is 0 Å². The molecule has 0 aliphatic carbocycles. The normalized spacial score (nSPS) is 12.7. The predicted molar refractivity (Wildman–Crippen MR) is 85.8 cm³/mol. The van der Waals surface area contributed by atoms with Crippen LogP contribution < -0.4 is 5.32 Å². The van der Waals surface area contributed by atoms with E-state index in [1.54, 1.807) is 12.3 Å². The lowest BCUT2D eigenvalue weighted by molar-refractivity contribution is 0.542. The summed E-state index contributed by atoms with van der Waals surface area (Å²) in [5, 5.41) is 4.31. The summed E-state index contributed by atoms with van der Waals surface area (Å²) >= 11 is 3.39. The zero-order valence-electron chi connectivity index (χ0n) is 11.6. The maximum Gasteiger partial charge on any atom is 0.134 e. The van der Waals surface area contributed by atoms with E-state index >= 15 is 0 Å². The second-order valence-corrected chi connectivity index (χ2v) is 5.88. The second kappa shape index (κ2) is 6.00. The minimum atomic E-state index is -0.189. The lowest BCUT2D eigenvalue weighted by atomic mass is 9.98. The average Bonchev–Trinajstić information content (AvgIpc) is 2.92. The van der Waals surface area contributed by atoms with Gasteiger partial charge in [0.2, 0.25) is 0 Å². The summed E-state index contributed by atoms with van der Waals surface area (Å²) in [7, 11) is 1.88. The first-order valence-corrected chi connectivity index (χ1v) is 7.55. The minimum Gasteiger partial charge on any atom is -0.464 e. The molecule has 3 aromatic rings. The van der Waals surface area contributed by atoms with Gasteiger partial charge in [-0.15, -0.1) is 0 Å². The van der Waals surface area contributed by atoms with Gasteiger partial charge < -0.3 is 9.73 Å². The van der Waals surface area contributed by atoms with Gasteiger partial charge in [-0.05, 0) is 43.3 Å². The van der Waals surface area contributed by atoms with Gasteiger partial charge in [-0.2, -0.15) is 0 Å². The van der Waals surface area contributed by atoms with E-state index in [-0.39, 0.29) is 11.9 Å². The maximum atomic E-state index is 13.9. The van der Waals surface area contributed by atoms with E-state index in [9.17, 15) is 4.39 Å². The number of likely N-dealkylation sites (N-methyl/N-ethyl adjacent to an activating group) is 1. The summed E-state index contributed by atoms with van der Waals surface area (Å²) in [6.07, 6.45) is 2.31. The molecule has 0 radical (unpaired) electrons. The number of hydrogen-bond donors (Lipinski definition) is 1. The van der Waals surface area contributed by atoms with Gasteiger partial charge in [0.15, 0.2) is 0 Å². The van der Waals surface area contributed by atoms with Crippen molar-refractivity contribution in [1.29, 1.82) is 0 Å². The number of fused-ring (bicyclic) bond motifs is 1. The molecule has 0 saturated carbocycles. The van der Waals surface area contributed by atoms with Crippen LogP contribution in [-0.4, -0.2) is 7.05 Å². The first-order chi connectivity index (χ1) is 10.2. The highest BCUT2D eigenvalue weighted by atomic mass is 79.9. The molecule has 0 saturated heterocycles. The molecule has 0 amide bonds. The van der Waals surface area contributed by atoms with Crippen molar-refractivity contribution in [2.75, 3.05) is 7.05 Å². The fraction of sp³-hybridized carbons (Fsp3) is 0.176. The number of nitrogens with one attached hydrogen (secondary N) is 1. The molecule has 2 aromatic carbocycles. The Kier molecular flexibility index (Phi) is 4.08. The molecule has 0 aliphatic rings. The molecule has 108 valence electrons. The first kappa shape index (κ1) is 14.3. The Balaban J connectivity index is 1.97. The zero-order chi connectivity index (χ0) is 14.8. The first-order valence-electron chi connectivity index (χ1n) is 6.76. The van der Waals surface area contributed by atoms with E-state index in [1.165, 1.54) is 6.07 Å². The Morgan fingerprint density at radius 3 is 2.86 bits per heavy atom. The molecule has 1 heterocycles. The van der Waals surface area contributed by atoms with Crippen LogP contribution in [0, 0.1) is 5.82 Å². The van der Waals surface area contributed by atoms with Crippen molar-refractivity contribution in [1.82, 2.24) is 5.32 Å². The lowest BCUT2D eigenvalue weighted by Gasteiger charge is -2.16. The third-order valence-electron chi connectivity index (χ3n) is 3.67. The number of rotatable bonds is 4. The molecular formula is C17H15BrFNO. The van der Waals surface area contributed by atoms with Gasteiger partial charge in [-0.1, -0.05) is 34.1 Å². The summed E-state index contributed by atoms with van der Waals surface area (Å²) in [5.74, 6) is -0.189. The van der Waals surface area contributed by atoms with Gasteiger partial charge in [0.25, 0.3) is 0 Å². The topological polar surface area (TPSA) is 25.2 Å². The van der Waals surface area contributed by atoms with Crippen LogP contribution in [0.5, 0.6) is 0 Å². The molecular weight excluding hydrogens is 333 g/mol. The Bertz CT molecular complexity index is 768. The summed E-state index contributed by atoms with van der Waals surface area (Å²) in [4.78, 5) is 0. The quantitative estimate of drug-likeness (QED) is 0.730. The van der Waals surface area contributed by atoms with Crippen molar-refractivity contribution < 1.29 is 8.81 Å². The largest absolute Gasteiger partial charge is 0.464 e.